The predicted octanol–water partition coefficient (Wildman–Crippen LogP) is 15.8. The topological polar surface area (TPSA) is 13.1 Å². The van der Waals surface area contributed by atoms with Gasteiger partial charge in [0.05, 0.1) is 22.1 Å². The summed E-state index contributed by atoms with van der Waals surface area (Å²) in [6.45, 7) is 0. The average Bonchev–Trinajstić information content (AvgIpc) is 3.86. The van der Waals surface area contributed by atoms with Crippen LogP contribution in [0.25, 0.3) is 88.0 Å². The molecular weight excluding hydrogens is 739 g/mol. The summed E-state index contributed by atoms with van der Waals surface area (Å²) in [4.78, 5) is 2.40. The minimum atomic E-state index is 1.08. The standard InChI is InChI=1S/C58H39N3/c1-2-19-43(20-3-1)61-57-33-11-8-27-53(57)54-30-15-29-50(58(54)61)42-18-12-21-45(38-42)59(44-36-34-41(35-37-44)49-28-13-17-40-16-4-5-24-48(40)49)46-22-14-23-47(39-46)60-55-31-9-6-25-51(55)52-26-7-10-32-56(52)60/h1-39H. The molecule has 0 N–H and O–H groups in total. The van der Waals surface area contributed by atoms with Gasteiger partial charge in [0, 0.05) is 55.5 Å². The molecule has 2 heterocycles. The molecule has 0 radical (unpaired) electrons. The fourth-order valence-corrected chi connectivity index (χ4v) is 9.60. The van der Waals surface area contributed by atoms with Gasteiger partial charge in [-0.25, -0.2) is 0 Å². The summed E-state index contributed by atoms with van der Waals surface area (Å²) < 4.78 is 4.82. The van der Waals surface area contributed by atoms with Gasteiger partial charge in [0.2, 0.25) is 0 Å². The monoisotopic (exact) mass is 777 g/mol. The van der Waals surface area contributed by atoms with Crippen molar-refractivity contribution in [2.24, 2.45) is 0 Å². The number of hydrogen-bond donors (Lipinski definition) is 0. The smallest absolute Gasteiger partial charge is 0.0619 e. The van der Waals surface area contributed by atoms with Crippen molar-refractivity contribution < 1.29 is 0 Å². The molecule has 0 saturated carbocycles. The average molecular weight is 778 g/mol. The molecule has 0 bridgehead atoms. The first-order valence-corrected chi connectivity index (χ1v) is 20.9. The second-order valence-corrected chi connectivity index (χ2v) is 15.7. The second kappa shape index (κ2) is 14.3. The van der Waals surface area contributed by atoms with Crippen molar-refractivity contribution >= 4 is 71.4 Å². The van der Waals surface area contributed by atoms with Gasteiger partial charge in [0.15, 0.2) is 0 Å². The molecule has 3 heteroatoms. The molecule has 0 unspecified atom stereocenters. The normalized spacial score (nSPS) is 11.6. The van der Waals surface area contributed by atoms with E-state index in [1.54, 1.807) is 0 Å². The Balaban J connectivity index is 1.06. The SMILES string of the molecule is c1ccc(-n2c3ccccc3c3cccc(-c4cccc(N(c5ccc(-c6cccc7ccccc67)cc5)c5cccc(-n6c7ccccc7c7ccccc76)c5)c4)c32)cc1. The second-order valence-electron chi connectivity index (χ2n) is 15.7. The number of para-hydroxylation sites is 5. The highest BCUT2D eigenvalue weighted by Gasteiger charge is 2.20. The zero-order valence-electron chi connectivity index (χ0n) is 33.4. The zero-order chi connectivity index (χ0) is 40.3. The molecule has 12 aromatic rings. The van der Waals surface area contributed by atoms with Gasteiger partial charge in [0.25, 0.3) is 0 Å². The highest BCUT2D eigenvalue weighted by Crippen LogP contribution is 2.43. The Labute approximate surface area is 354 Å². The lowest BCUT2D eigenvalue weighted by Gasteiger charge is -2.27. The van der Waals surface area contributed by atoms with Gasteiger partial charge in [-0.3, -0.25) is 0 Å². The van der Waals surface area contributed by atoms with Crippen LogP contribution in [0.15, 0.2) is 237 Å². The van der Waals surface area contributed by atoms with Crippen LogP contribution >= 0.6 is 0 Å². The molecular formula is C58H39N3. The summed E-state index contributed by atoms with van der Waals surface area (Å²) in [6.07, 6.45) is 0. The predicted molar refractivity (Wildman–Crippen MR) is 258 cm³/mol. The molecule has 2 aromatic heterocycles. The van der Waals surface area contributed by atoms with Crippen LogP contribution in [-0.2, 0) is 0 Å². The summed E-state index contributed by atoms with van der Waals surface area (Å²) in [6, 6.07) is 85.9. The summed E-state index contributed by atoms with van der Waals surface area (Å²) in [7, 11) is 0. The van der Waals surface area contributed by atoms with Gasteiger partial charge in [-0.1, -0.05) is 164 Å². The van der Waals surface area contributed by atoms with Crippen molar-refractivity contribution in [3.8, 4) is 33.6 Å². The van der Waals surface area contributed by atoms with Crippen LogP contribution in [0.3, 0.4) is 0 Å². The first-order chi connectivity index (χ1) is 30.3. The van der Waals surface area contributed by atoms with E-state index in [1.165, 1.54) is 71.1 Å². The number of fused-ring (bicyclic) bond motifs is 7. The molecule has 0 aliphatic carbocycles. The minimum absolute atomic E-state index is 1.08. The highest BCUT2D eigenvalue weighted by atomic mass is 15.1. The Bertz CT molecular complexity index is 3530. The third-order valence-corrected chi connectivity index (χ3v) is 12.3. The van der Waals surface area contributed by atoms with Gasteiger partial charge in [0.1, 0.15) is 0 Å². The summed E-state index contributed by atoms with van der Waals surface area (Å²) in [5, 5.41) is 7.48. The lowest BCUT2D eigenvalue weighted by molar-refractivity contribution is 1.17. The van der Waals surface area contributed by atoms with Crippen LogP contribution in [0.1, 0.15) is 0 Å². The molecule has 0 amide bonds. The molecule has 0 atom stereocenters. The Kier molecular flexibility index (Phi) is 8.17. The van der Waals surface area contributed by atoms with E-state index in [2.05, 4.69) is 251 Å². The van der Waals surface area contributed by atoms with Crippen molar-refractivity contribution in [3.63, 3.8) is 0 Å². The molecule has 61 heavy (non-hydrogen) atoms. The van der Waals surface area contributed by atoms with Gasteiger partial charge < -0.3 is 14.0 Å². The minimum Gasteiger partial charge on any atom is -0.310 e. The molecule has 0 saturated heterocycles. The molecule has 286 valence electrons. The van der Waals surface area contributed by atoms with E-state index in [0.717, 1.165) is 34.0 Å². The lowest BCUT2D eigenvalue weighted by Crippen LogP contribution is -2.10. The van der Waals surface area contributed by atoms with Crippen LogP contribution in [0, 0.1) is 0 Å². The Hall–Kier alpha value is -8.14. The fraction of sp³-hybridized carbons (Fsp3) is 0. The van der Waals surface area contributed by atoms with Crippen molar-refractivity contribution in [2.45, 2.75) is 0 Å². The van der Waals surface area contributed by atoms with E-state index >= 15 is 0 Å². The Morgan fingerprint density at radius 1 is 0.279 bits per heavy atom. The van der Waals surface area contributed by atoms with Crippen molar-refractivity contribution in [3.05, 3.63) is 237 Å². The summed E-state index contributed by atoms with van der Waals surface area (Å²) >= 11 is 0. The van der Waals surface area contributed by atoms with Gasteiger partial charge >= 0.3 is 0 Å². The van der Waals surface area contributed by atoms with Crippen molar-refractivity contribution in [1.82, 2.24) is 9.13 Å². The highest BCUT2D eigenvalue weighted by molar-refractivity contribution is 6.14. The Morgan fingerprint density at radius 2 is 0.787 bits per heavy atom. The molecule has 0 aliphatic heterocycles. The molecule has 12 rings (SSSR count). The van der Waals surface area contributed by atoms with E-state index in [1.807, 2.05) is 0 Å². The summed E-state index contributed by atoms with van der Waals surface area (Å²) in [5.41, 5.74) is 15.0. The summed E-state index contributed by atoms with van der Waals surface area (Å²) in [5.74, 6) is 0. The lowest BCUT2D eigenvalue weighted by atomic mass is 9.98. The van der Waals surface area contributed by atoms with E-state index in [0.29, 0.717) is 0 Å². The van der Waals surface area contributed by atoms with Crippen LogP contribution < -0.4 is 4.90 Å². The quantitative estimate of drug-likeness (QED) is 0.157. The third-order valence-electron chi connectivity index (χ3n) is 12.3. The van der Waals surface area contributed by atoms with Crippen LogP contribution in [0.5, 0.6) is 0 Å². The number of benzene rings is 10. The maximum absolute atomic E-state index is 2.42. The molecule has 3 nitrogen and oxygen atoms in total. The number of hydrogen-bond acceptors (Lipinski definition) is 1. The number of rotatable bonds is 7. The van der Waals surface area contributed by atoms with Gasteiger partial charge in [-0.05, 0) is 100 Å². The number of nitrogens with zero attached hydrogens (tertiary/aromatic N) is 3. The largest absolute Gasteiger partial charge is 0.310 e. The Morgan fingerprint density at radius 3 is 1.52 bits per heavy atom. The first kappa shape index (κ1) is 34.9. The van der Waals surface area contributed by atoms with E-state index in [9.17, 15) is 0 Å². The van der Waals surface area contributed by atoms with Crippen LogP contribution in [-0.4, -0.2) is 9.13 Å². The molecule has 0 aliphatic rings. The van der Waals surface area contributed by atoms with Crippen LogP contribution in [0.2, 0.25) is 0 Å². The van der Waals surface area contributed by atoms with Gasteiger partial charge in [-0.15, -0.1) is 0 Å². The molecule has 0 fully saturated rings. The van der Waals surface area contributed by atoms with Crippen LogP contribution in [0.4, 0.5) is 17.1 Å². The third kappa shape index (κ3) is 5.74. The molecule has 0 spiro atoms. The van der Waals surface area contributed by atoms with E-state index < -0.39 is 0 Å². The molecule has 10 aromatic carbocycles. The van der Waals surface area contributed by atoms with E-state index in [4.69, 9.17) is 0 Å². The number of anilines is 3. The first-order valence-electron chi connectivity index (χ1n) is 20.9. The number of aromatic nitrogens is 2. The van der Waals surface area contributed by atoms with E-state index in [-0.39, 0.29) is 0 Å². The zero-order valence-corrected chi connectivity index (χ0v) is 33.4. The fourth-order valence-electron chi connectivity index (χ4n) is 9.60. The van der Waals surface area contributed by atoms with Gasteiger partial charge in [-0.2, -0.15) is 0 Å². The van der Waals surface area contributed by atoms with Crippen molar-refractivity contribution in [1.29, 1.82) is 0 Å². The van der Waals surface area contributed by atoms with Crippen molar-refractivity contribution in [2.75, 3.05) is 4.90 Å². The maximum Gasteiger partial charge on any atom is 0.0619 e. The maximum atomic E-state index is 2.42.